The monoisotopic (exact) mass is 239 g/mol. The lowest BCUT2D eigenvalue weighted by Gasteiger charge is -2.18. The van der Waals surface area contributed by atoms with E-state index in [4.69, 9.17) is 16.7 Å². The lowest BCUT2D eigenvalue weighted by molar-refractivity contribution is -0.131. The molecule has 0 aliphatic heterocycles. The number of pyridine rings is 1. The van der Waals surface area contributed by atoms with Crippen LogP contribution in [-0.4, -0.2) is 16.1 Å². The van der Waals surface area contributed by atoms with E-state index in [-0.39, 0.29) is 5.41 Å². The molecule has 0 fully saturated rings. The summed E-state index contributed by atoms with van der Waals surface area (Å²) in [5.74, 6) is -1.00. The minimum atomic E-state index is -1.00. The molecule has 0 saturated carbocycles. The number of halogens is 1. The van der Waals surface area contributed by atoms with Crippen molar-refractivity contribution in [3.05, 3.63) is 34.6 Å². The first-order chi connectivity index (χ1) is 7.30. The Bertz CT molecular complexity index is 433. The lowest BCUT2D eigenvalue weighted by Crippen LogP contribution is -2.13. The highest BCUT2D eigenvalue weighted by Gasteiger charge is 2.16. The number of carbonyl (C=O) groups is 1. The molecule has 0 aromatic carbocycles. The largest absolute Gasteiger partial charge is 0.478 e. The van der Waals surface area contributed by atoms with Crippen LogP contribution in [0, 0.1) is 0 Å². The van der Waals surface area contributed by atoms with Gasteiger partial charge in [0.25, 0.3) is 0 Å². The normalized spacial score (nSPS) is 12.0. The smallest absolute Gasteiger partial charge is 0.328 e. The van der Waals surface area contributed by atoms with E-state index in [1.54, 1.807) is 6.07 Å². The quantitative estimate of drug-likeness (QED) is 0.637. The van der Waals surface area contributed by atoms with Gasteiger partial charge in [-0.1, -0.05) is 38.4 Å². The molecule has 4 heteroatoms. The van der Waals surface area contributed by atoms with E-state index >= 15 is 0 Å². The molecule has 0 radical (unpaired) electrons. The predicted octanol–water partition coefficient (Wildman–Crippen LogP) is 3.13. The summed E-state index contributed by atoms with van der Waals surface area (Å²) in [7, 11) is 0. The summed E-state index contributed by atoms with van der Waals surface area (Å²) in [4.78, 5) is 14.6. The molecule has 0 aliphatic rings. The lowest BCUT2D eigenvalue weighted by atomic mass is 9.91. The van der Waals surface area contributed by atoms with Crippen molar-refractivity contribution in [3.8, 4) is 0 Å². The molecule has 0 amide bonds. The Balaban J connectivity index is 3.05. The first-order valence-electron chi connectivity index (χ1n) is 4.89. The van der Waals surface area contributed by atoms with E-state index in [2.05, 4.69) is 4.98 Å². The van der Waals surface area contributed by atoms with Crippen molar-refractivity contribution in [2.45, 2.75) is 26.2 Å². The molecule has 16 heavy (non-hydrogen) atoms. The van der Waals surface area contributed by atoms with Crippen molar-refractivity contribution in [2.24, 2.45) is 0 Å². The molecule has 0 bridgehead atoms. The highest BCUT2D eigenvalue weighted by Crippen LogP contribution is 2.24. The molecular formula is C12H14ClNO2. The Hall–Kier alpha value is -1.35. The van der Waals surface area contributed by atoms with Crippen molar-refractivity contribution in [2.75, 3.05) is 0 Å². The van der Waals surface area contributed by atoms with Crippen LogP contribution in [0.5, 0.6) is 0 Å². The third-order valence-electron chi connectivity index (χ3n) is 2.05. The Labute approximate surface area is 99.8 Å². The zero-order chi connectivity index (χ0) is 12.3. The fraction of sp³-hybridized carbons (Fsp3) is 0.333. The highest BCUT2D eigenvalue weighted by molar-refractivity contribution is 6.30. The van der Waals surface area contributed by atoms with Gasteiger partial charge in [0.15, 0.2) is 0 Å². The SMILES string of the molecule is CC(C)(C)c1ccc(/C=C/C(=O)O)c(Cl)n1. The van der Waals surface area contributed by atoms with Gasteiger partial charge < -0.3 is 5.11 Å². The van der Waals surface area contributed by atoms with Crippen LogP contribution >= 0.6 is 11.6 Å². The van der Waals surface area contributed by atoms with Gasteiger partial charge in [-0.3, -0.25) is 0 Å². The van der Waals surface area contributed by atoms with Crippen LogP contribution in [0.1, 0.15) is 32.0 Å². The number of carboxylic acid groups (broad SMARTS) is 1. The molecule has 0 atom stereocenters. The highest BCUT2D eigenvalue weighted by atomic mass is 35.5. The van der Waals surface area contributed by atoms with Gasteiger partial charge in [0.1, 0.15) is 5.15 Å². The third-order valence-corrected chi connectivity index (χ3v) is 2.35. The minimum Gasteiger partial charge on any atom is -0.478 e. The average Bonchev–Trinajstić information content (AvgIpc) is 2.14. The van der Waals surface area contributed by atoms with E-state index in [0.29, 0.717) is 10.7 Å². The summed E-state index contributed by atoms with van der Waals surface area (Å²) in [6, 6.07) is 3.63. The summed E-state index contributed by atoms with van der Waals surface area (Å²) >= 11 is 5.96. The topological polar surface area (TPSA) is 50.2 Å². The van der Waals surface area contributed by atoms with Crippen LogP contribution < -0.4 is 0 Å². The summed E-state index contributed by atoms with van der Waals surface area (Å²) in [5.41, 5.74) is 1.42. The second-order valence-corrected chi connectivity index (χ2v) is 4.86. The van der Waals surface area contributed by atoms with Crippen LogP contribution in [0.2, 0.25) is 5.15 Å². The number of carboxylic acids is 1. The van der Waals surface area contributed by atoms with Gasteiger partial charge in [-0.05, 0) is 12.1 Å². The first-order valence-corrected chi connectivity index (χ1v) is 5.26. The van der Waals surface area contributed by atoms with E-state index in [0.717, 1.165) is 11.8 Å². The number of hydrogen-bond donors (Lipinski definition) is 1. The van der Waals surface area contributed by atoms with Gasteiger partial charge in [0.05, 0.1) is 0 Å². The second kappa shape index (κ2) is 4.66. The fourth-order valence-electron chi connectivity index (χ4n) is 1.15. The van der Waals surface area contributed by atoms with Crippen molar-refractivity contribution >= 4 is 23.6 Å². The van der Waals surface area contributed by atoms with Gasteiger partial charge in [-0.15, -0.1) is 0 Å². The van der Waals surface area contributed by atoms with Gasteiger partial charge in [-0.25, -0.2) is 9.78 Å². The maximum atomic E-state index is 10.4. The molecule has 1 aromatic rings. The van der Waals surface area contributed by atoms with Crippen LogP contribution in [0.4, 0.5) is 0 Å². The van der Waals surface area contributed by atoms with Gasteiger partial charge >= 0.3 is 5.97 Å². The number of aromatic nitrogens is 1. The molecule has 1 heterocycles. The molecule has 0 aliphatic carbocycles. The maximum Gasteiger partial charge on any atom is 0.328 e. The van der Waals surface area contributed by atoms with Crippen molar-refractivity contribution in [3.63, 3.8) is 0 Å². The van der Waals surface area contributed by atoms with Crippen LogP contribution in [-0.2, 0) is 10.2 Å². The van der Waals surface area contributed by atoms with Crippen LogP contribution in [0.3, 0.4) is 0 Å². The van der Waals surface area contributed by atoms with Crippen molar-refractivity contribution < 1.29 is 9.90 Å². The van der Waals surface area contributed by atoms with Crippen LogP contribution in [0.25, 0.3) is 6.08 Å². The van der Waals surface area contributed by atoms with E-state index < -0.39 is 5.97 Å². The number of aliphatic carboxylic acids is 1. The second-order valence-electron chi connectivity index (χ2n) is 4.50. The molecule has 86 valence electrons. The Kier molecular flexibility index (Phi) is 3.70. The zero-order valence-corrected chi connectivity index (χ0v) is 10.2. The fourth-order valence-corrected chi connectivity index (χ4v) is 1.37. The summed E-state index contributed by atoms with van der Waals surface area (Å²) in [6.07, 6.45) is 2.48. The summed E-state index contributed by atoms with van der Waals surface area (Å²) in [6.45, 7) is 6.12. The Morgan fingerprint density at radius 3 is 2.50 bits per heavy atom. The van der Waals surface area contributed by atoms with Crippen molar-refractivity contribution in [1.29, 1.82) is 0 Å². The standard InChI is InChI=1S/C12H14ClNO2/c1-12(2,3)9-6-4-8(11(13)14-9)5-7-10(15)16/h4-7H,1-3H3,(H,15,16)/b7-5+. The molecule has 1 aromatic heterocycles. The number of nitrogens with zero attached hydrogens (tertiary/aromatic N) is 1. The molecule has 0 saturated heterocycles. The number of hydrogen-bond acceptors (Lipinski definition) is 2. The first kappa shape index (κ1) is 12.7. The van der Waals surface area contributed by atoms with Gasteiger partial charge in [0.2, 0.25) is 0 Å². The molecule has 0 unspecified atom stereocenters. The average molecular weight is 240 g/mol. The third kappa shape index (κ3) is 3.35. The van der Waals surface area contributed by atoms with Gasteiger partial charge in [0, 0.05) is 22.7 Å². The van der Waals surface area contributed by atoms with E-state index in [1.807, 2.05) is 26.8 Å². The van der Waals surface area contributed by atoms with Crippen LogP contribution in [0.15, 0.2) is 18.2 Å². The molecule has 3 nitrogen and oxygen atoms in total. The zero-order valence-electron chi connectivity index (χ0n) is 9.49. The molecule has 1 N–H and O–H groups in total. The van der Waals surface area contributed by atoms with Crippen molar-refractivity contribution in [1.82, 2.24) is 4.98 Å². The molecular weight excluding hydrogens is 226 g/mol. The number of rotatable bonds is 2. The Morgan fingerprint density at radius 1 is 1.44 bits per heavy atom. The molecule has 0 spiro atoms. The minimum absolute atomic E-state index is 0.0708. The predicted molar refractivity (Wildman–Crippen MR) is 64.6 cm³/mol. The van der Waals surface area contributed by atoms with E-state index in [9.17, 15) is 4.79 Å². The molecule has 1 rings (SSSR count). The Morgan fingerprint density at radius 2 is 2.06 bits per heavy atom. The maximum absolute atomic E-state index is 10.4. The van der Waals surface area contributed by atoms with Gasteiger partial charge in [-0.2, -0.15) is 0 Å². The van der Waals surface area contributed by atoms with E-state index in [1.165, 1.54) is 6.08 Å². The summed E-state index contributed by atoms with van der Waals surface area (Å²) < 4.78 is 0. The summed E-state index contributed by atoms with van der Waals surface area (Å²) in [5, 5.41) is 8.82.